The van der Waals surface area contributed by atoms with Gasteiger partial charge < -0.3 is 9.64 Å². The van der Waals surface area contributed by atoms with Gasteiger partial charge in [-0.3, -0.25) is 4.79 Å². The van der Waals surface area contributed by atoms with Crippen LogP contribution in [0.25, 0.3) is 0 Å². The monoisotopic (exact) mass is 317 g/mol. The molecule has 0 saturated heterocycles. The molecule has 0 unspecified atom stereocenters. The van der Waals surface area contributed by atoms with Gasteiger partial charge in [0.2, 0.25) is 0 Å². The molecule has 0 bridgehead atoms. The Bertz CT molecular complexity index is 711. The minimum atomic E-state index is -0.480. The van der Waals surface area contributed by atoms with Gasteiger partial charge in [0.1, 0.15) is 17.4 Å². The van der Waals surface area contributed by atoms with Crippen LogP contribution in [-0.2, 0) is 6.54 Å². The molecule has 1 aliphatic rings. The molecular formula is C18H17F2NO2. The largest absolute Gasteiger partial charge is 0.496 e. The lowest BCUT2D eigenvalue weighted by Crippen LogP contribution is -2.33. The fourth-order valence-electron chi connectivity index (χ4n) is 2.54. The lowest BCUT2D eigenvalue weighted by Gasteiger charge is -2.23. The molecule has 0 heterocycles. The van der Waals surface area contributed by atoms with E-state index >= 15 is 0 Å². The van der Waals surface area contributed by atoms with Crippen LogP contribution in [0.2, 0.25) is 0 Å². The first-order chi connectivity index (χ1) is 11.1. The molecule has 0 atom stereocenters. The summed E-state index contributed by atoms with van der Waals surface area (Å²) < 4.78 is 31.7. The van der Waals surface area contributed by atoms with E-state index in [2.05, 4.69) is 0 Å². The van der Waals surface area contributed by atoms with Gasteiger partial charge in [-0.2, -0.15) is 0 Å². The number of carbonyl (C=O) groups excluding carboxylic acids is 1. The summed E-state index contributed by atoms with van der Waals surface area (Å²) in [5.41, 5.74) is 1.04. The molecule has 2 aromatic rings. The zero-order valence-electron chi connectivity index (χ0n) is 12.8. The number of hydrogen-bond acceptors (Lipinski definition) is 2. The summed E-state index contributed by atoms with van der Waals surface area (Å²) in [5.74, 6) is -0.717. The maximum absolute atomic E-state index is 13.5. The number of halogens is 2. The summed E-state index contributed by atoms with van der Waals surface area (Å²) in [5, 5.41) is 0. The van der Waals surface area contributed by atoms with E-state index in [0.717, 1.165) is 18.4 Å². The van der Waals surface area contributed by atoms with Crippen molar-refractivity contribution in [2.24, 2.45) is 0 Å². The first-order valence-corrected chi connectivity index (χ1v) is 7.47. The summed E-state index contributed by atoms with van der Waals surface area (Å²) in [4.78, 5) is 14.5. The second-order valence-corrected chi connectivity index (χ2v) is 5.64. The SMILES string of the molecule is COc1ccc(F)cc1C(=O)N(Cc1ccc(F)cc1)C1CC1. The highest BCUT2D eigenvalue weighted by Crippen LogP contribution is 2.32. The zero-order chi connectivity index (χ0) is 16.4. The first-order valence-electron chi connectivity index (χ1n) is 7.47. The van der Waals surface area contributed by atoms with Crippen LogP contribution in [0.15, 0.2) is 42.5 Å². The van der Waals surface area contributed by atoms with E-state index < -0.39 is 5.82 Å². The molecule has 3 rings (SSSR count). The summed E-state index contributed by atoms with van der Waals surface area (Å²) >= 11 is 0. The lowest BCUT2D eigenvalue weighted by molar-refractivity contribution is 0.0726. The molecule has 0 N–H and O–H groups in total. The van der Waals surface area contributed by atoms with Crippen LogP contribution in [0.5, 0.6) is 5.75 Å². The van der Waals surface area contributed by atoms with E-state index in [1.807, 2.05) is 0 Å². The highest BCUT2D eigenvalue weighted by Gasteiger charge is 2.34. The first kappa shape index (κ1) is 15.5. The fraction of sp³-hybridized carbons (Fsp3) is 0.278. The van der Waals surface area contributed by atoms with Crippen LogP contribution < -0.4 is 4.74 Å². The maximum Gasteiger partial charge on any atom is 0.258 e. The molecule has 0 aromatic heterocycles. The highest BCUT2D eigenvalue weighted by molar-refractivity contribution is 5.97. The summed E-state index contributed by atoms with van der Waals surface area (Å²) in [6, 6.07) is 10.1. The number of rotatable bonds is 5. The number of benzene rings is 2. The normalized spacial score (nSPS) is 13.7. The molecule has 23 heavy (non-hydrogen) atoms. The van der Waals surface area contributed by atoms with E-state index in [9.17, 15) is 13.6 Å². The van der Waals surface area contributed by atoms with Crippen LogP contribution in [0.1, 0.15) is 28.8 Å². The summed E-state index contributed by atoms with van der Waals surface area (Å²) in [7, 11) is 1.45. The van der Waals surface area contributed by atoms with Crippen molar-refractivity contribution in [2.45, 2.75) is 25.4 Å². The third-order valence-electron chi connectivity index (χ3n) is 3.91. The van der Waals surface area contributed by atoms with Crippen molar-refractivity contribution < 1.29 is 18.3 Å². The lowest BCUT2D eigenvalue weighted by atomic mass is 10.1. The predicted molar refractivity (Wildman–Crippen MR) is 82.2 cm³/mol. The number of nitrogens with zero attached hydrogens (tertiary/aromatic N) is 1. The van der Waals surface area contributed by atoms with Crippen molar-refractivity contribution in [3.05, 3.63) is 65.2 Å². The average molecular weight is 317 g/mol. The molecular weight excluding hydrogens is 300 g/mol. The molecule has 2 aromatic carbocycles. The van der Waals surface area contributed by atoms with Crippen molar-refractivity contribution in [2.75, 3.05) is 7.11 Å². The highest BCUT2D eigenvalue weighted by atomic mass is 19.1. The molecule has 1 aliphatic carbocycles. The Morgan fingerprint density at radius 2 is 1.78 bits per heavy atom. The van der Waals surface area contributed by atoms with E-state index in [1.54, 1.807) is 17.0 Å². The Morgan fingerprint density at radius 3 is 2.39 bits per heavy atom. The summed E-state index contributed by atoms with van der Waals surface area (Å²) in [6.45, 7) is 0.365. The van der Waals surface area contributed by atoms with Crippen molar-refractivity contribution in [3.63, 3.8) is 0 Å². The fourth-order valence-corrected chi connectivity index (χ4v) is 2.54. The number of methoxy groups -OCH3 is 1. The van der Waals surface area contributed by atoms with Gasteiger partial charge in [0.25, 0.3) is 5.91 Å². The quantitative estimate of drug-likeness (QED) is 0.840. The molecule has 0 radical (unpaired) electrons. The van der Waals surface area contributed by atoms with Crippen molar-refractivity contribution in [1.82, 2.24) is 4.90 Å². The van der Waals surface area contributed by atoms with Crippen LogP contribution in [-0.4, -0.2) is 24.0 Å². The standard InChI is InChI=1S/C18H17F2NO2/c1-23-17-9-6-14(20)10-16(17)18(22)21(15-7-8-15)11-12-2-4-13(19)5-3-12/h2-6,9-10,15H,7-8,11H2,1H3. The number of amides is 1. The van der Waals surface area contributed by atoms with E-state index in [4.69, 9.17) is 4.74 Å². The van der Waals surface area contributed by atoms with Crippen molar-refractivity contribution >= 4 is 5.91 Å². The molecule has 3 nitrogen and oxygen atoms in total. The van der Waals surface area contributed by atoms with Crippen LogP contribution in [0, 0.1) is 11.6 Å². The Labute approximate surface area is 133 Å². The Balaban J connectivity index is 1.87. The van der Waals surface area contributed by atoms with Gasteiger partial charge in [0.05, 0.1) is 12.7 Å². The third-order valence-corrected chi connectivity index (χ3v) is 3.91. The minimum absolute atomic E-state index is 0.139. The molecule has 0 aliphatic heterocycles. The third kappa shape index (κ3) is 3.50. The van der Waals surface area contributed by atoms with E-state index in [-0.39, 0.29) is 23.3 Å². The Hall–Kier alpha value is -2.43. The topological polar surface area (TPSA) is 29.5 Å². The summed E-state index contributed by atoms with van der Waals surface area (Å²) in [6.07, 6.45) is 1.84. The van der Waals surface area contributed by atoms with E-state index in [1.165, 1.54) is 37.4 Å². The van der Waals surface area contributed by atoms with Gasteiger partial charge in [0.15, 0.2) is 0 Å². The molecule has 1 saturated carbocycles. The number of ether oxygens (including phenoxy) is 1. The van der Waals surface area contributed by atoms with Crippen LogP contribution in [0.4, 0.5) is 8.78 Å². The van der Waals surface area contributed by atoms with Crippen LogP contribution in [0.3, 0.4) is 0 Å². The predicted octanol–water partition coefficient (Wildman–Crippen LogP) is 3.78. The maximum atomic E-state index is 13.5. The molecule has 0 spiro atoms. The van der Waals surface area contributed by atoms with Crippen molar-refractivity contribution in [1.29, 1.82) is 0 Å². The van der Waals surface area contributed by atoms with Gasteiger partial charge in [-0.25, -0.2) is 8.78 Å². The second-order valence-electron chi connectivity index (χ2n) is 5.64. The van der Waals surface area contributed by atoms with Crippen molar-refractivity contribution in [3.8, 4) is 5.75 Å². The molecule has 1 fully saturated rings. The van der Waals surface area contributed by atoms with Crippen LogP contribution >= 0.6 is 0 Å². The number of carbonyl (C=O) groups is 1. The average Bonchev–Trinajstić information content (AvgIpc) is 3.38. The second kappa shape index (κ2) is 6.36. The Morgan fingerprint density at radius 1 is 1.13 bits per heavy atom. The zero-order valence-corrected chi connectivity index (χ0v) is 12.8. The smallest absolute Gasteiger partial charge is 0.258 e. The van der Waals surface area contributed by atoms with Gasteiger partial charge >= 0.3 is 0 Å². The molecule has 120 valence electrons. The van der Waals surface area contributed by atoms with Gasteiger partial charge in [0, 0.05) is 12.6 Å². The number of hydrogen-bond donors (Lipinski definition) is 0. The van der Waals surface area contributed by atoms with Gasteiger partial charge in [-0.15, -0.1) is 0 Å². The minimum Gasteiger partial charge on any atom is -0.496 e. The van der Waals surface area contributed by atoms with E-state index in [0.29, 0.717) is 12.3 Å². The van der Waals surface area contributed by atoms with Gasteiger partial charge in [-0.05, 0) is 48.7 Å². The molecule has 5 heteroatoms. The molecule has 1 amide bonds. The van der Waals surface area contributed by atoms with Gasteiger partial charge in [-0.1, -0.05) is 12.1 Å². The Kier molecular flexibility index (Phi) is 4.28.